The minimum atomic E-state index is 0.488. The summed E-state index contributed by atoms with van der Waals surface area (Å²) in [6.45, 7) is 3.12. The monoisotopic (exact) mass is 310 g/mol. The third-order valence-electron chi connectivity index (χ3n) is 3.43. The maximum Gasteiger partial charge on any atom is 0.122 e. The highest BCUT2D eigenvalue weighted by Crippen LogP contribution is 2.27. The summed E-state index contributed by atoms with van der Waals surface area (Å²) in [6, 6.07) is 16.3. The molecule has 22 heavy (non-hydrogen) atoms. The number of rotatable bonds is 5. The molecule has 0 unspecified atom stereocenters. The molecule has 0 saturated heterocycles. The molecule has 0 saturated carbocycles. The second-order valence-electron chi connectivity index (χ2n) is 5.09. The fraction of sp³-hybridized carbons (Fsp3) is 0.167. The molecule has 3 aromatic rings. The molecule has 0 atom stereocenters. The largest absolute Gasteiger partial charge is 0.489 e. The van der Waals surface area contributed by atoms with Gasteiger partial charge in [-0.3, -0.25) is 0 Å². The Bertz CT molecular complexity index is 753. The van der Waals surface area contributed by atoms with Crippen LogP contribution in [0.2, 0.25) is 0 Å². The number of hydrogen-bond donors (Lipinski definition) is 1. The van der Waals surface area contributed by atoms with Gasteiger partial charge in [-0.25, -0.2) is 4.98 Å². The molecule has 2 aromatic carbocycles. The number of hydrogen-bond acceptors (Lipinski definition) is 4. The Morgan fingerprint density at radius 3 is 2.64 bits per heavy atom. The van der Waals surface area contributed by atoms with Gasteiger partial charge in [-0.05, 0) is 36.2 Å². The second kappa shape index (κ2) is 6.73. The quantitative estimate of drug-likeness (QED) is 0.770. The van der Waals surface area contributed by atoms with E-state index in [2.05, 4.69) is 30.1 Å². The van der Waals surface area contributed by atoms with Crippen molar-refractivity contribution in [3.05, 3.63) is 70.0 Å². The SMILES string of the molecule is Cc1cc(-c2csc(CN)n2)ccc1OCc1ccccc1. The van der Waals surface area contributed by atoms with Crippen LogP contribution < -0.4 is 10.5 Å². The lowest BCUT2D eigenvalue weighted by molar-refractivity contribution is 0.304. The molecule has 0 radical (unpaired) electrons. The molecule has 0 fully saturated rings. The summed E-state index contributed by atoms with van der Waals surface area (Å²) in [5, 5.41) is 3.00. The van der Waals surface area contributed by atoms with Crippen LogP contribution in [0.1, 0.15) is 16.1 Å². The van der Waals surface area contributed by atoms with E-state index in [1.54, 1.807) is 11.3 Å². The molecule has 3 rings (SSSR count). The highest BCUT2D eigenvalue weighted by atomic mass is 32.1. The molecular formula is C18H18N2OS. The summed E-state index contributed by atoms with van der Waals surface area (Å²) < 4.78 is 5.90. The Labute approximate surface area is 134 Å². The van der Waals surface area contributed by atoms with Crippen LogP contribution in [-0.4, -0.2) is 4.98 Å². The fourth-order valence-corrected chi connectivity index (χ4v) is 2.93. The van der Waals surface area contributed by atoms with Crippen molar-refractivity contribution in [2.75, 3.05) is 0 Å². The number of thiazole rings is 1. The summed E-state index contributed by atoms with van der Waals surface area (Å²) in [7, 11) is 0. The first kappa shape index (κ1) is 14.8. The first-order chi connectivity index (χ1) is 10.8. The molecule has 4 heteroatoms. The molecule has 0 aliphatic carbocycles. The minimum Gasteiger partial charge on any atom is -0.489 e. The first-order valence-electron chi connectivity index (χ1n) is 7.18. The zero-order valence-electron chi connectivity index (χ0n) is 12.5. The summed E-state index contributed by atoms with van der Waals surface area (Å²) in [6.07, 6.45) is 0. The number of aromatic nitrogens is 1. The van der Waals surface area contributed by atoms with Crippen molar-refractivity contribution in [1.82, 2.24) is 4.98 Å². The molecule has 2 N–H and O–H groups in total. The van der Waals surface area contributed by atoms with Crippen LogP contribution >= 0.6 is 11.3 Å². The van der Waals surface area contributed by atoms with E-state index in [4.69, 9.17) is 10.5 Å². The number of nitrogens with two attached hydrogens (primary N) is 1. The van der Waals surface area contributed by atoms with E-state index >= 15 is 0 Å². The summed E-state index contributed by atoms with van der Waals surface area (Å²) in [4.78, 5) is 4.52. The molecule has 1 aromatic heterocycles. The minimum absolute atomic E-state index is 0.488. The maximum atomic E-state index is 5.90. The maximum absolute atomic E-state index is 5.90. The summed E-state index contributed by atoms with van der Waals surface area (Å²) >= 11 is 1.59. The van der Waals surface area contributed by atoms with Gasteiger partial charge in [0.05, 0.1) is 5.69 Å². The van der Waals surface area contributed by atoms with Crippen LogP contribution in [0.15, 0.2) is 53.9 Å². The van der Waals surface area contributed by atoms with Gasteiger partial charge in [-0.1, -0.05) is 30.3 Å². The van der Waals surface area contributed by atoms with Crippen molar-refractivity contribution < 1.29 is 4.74 Å². The van der Waals surface area contributed by atoms with E-state index < -0.39 is 0 Å². The van der Waals surface area contributed by atoms with Gasteiger partial charge in [0, 0.05) is 17.5 Å². The van der Waals surface area contributed by atoms with Crippen molar-refractivity contribution in [2.45, 2.75) is 20.1 Å². The van der Waals surface area contributed by atoms with E-state index in [9.17, 15) is 0 Å². The summed E-state index contributed by atoms with van der Waals surface area (Å²) in [5.41, 5.74) is 9.96. The topological polar surface area (TPSA) is 48.1 Å². The van der Waals surface area contributed by atoms with E-state index in [-0.39, 0.29) is 0 Å². The molecule has 0 amide bonds. The van der Waals surface area contributed by atoms with Gasteiger partial charge in [0.2, 0.25) is 0 Å². The van der Waals surface area contributed by atoms with Gasteiger partial charge in [0.15, 0.2) is 0 Å². The first-order valence-corrected chi connectivity index (χ1v) is 8.06. The molecule has 0 bridgehead atoms. The third-order valence-corrected chi connectivity index (χ3v) is 4.31. The lowest BCUT2D eigenvalue weighted by Crippen LogP contribution is -1.97. The highest BCUT2D eigenvalue weighted by molar-refractivity contribution is 7.09. The molecular weight excluding hydrogens is 292 g/mol. The van der Waals surface area contributed by atoms with Gasteiger partial charge < -0.3 is 10.5 Å². The van der Waals surface area contributed by atoms with Crippen molar-refractivity contribution in [3.8, 4) is 17.0 Å². The number of aryl methyl sites for hydroxylation is 1. The average Bonchev–Trinajstić information content (AvgIpc) is 3.04. The zero-order valence-corrected chi connectivity index (χ0v) is 13.3. The molecule has 0 aliphatic rings. The van der Waals surface area contributed by atoms with Crippen molar-refractivity contribution in [2.24, 2.45) is 5.73 Å². The van der Waals surface area contributed by atoms with E-state index in [0.29, 0.717) is 13.2 Å². The van der Waals surface area contributed by atoms with Crippen LogP contribution in [0.5, 0.6) is 5.75 Å². The van der Waals surface area contributed by atoms with E-state index in [0.717, 1.165) is 33.1 Å². The normalized spacial score (nSPS) is 10.6. The van der Waals surface area contributed by atoms with E-state index in [1.807, 2.05) is 35.7 Å². The van der Waals surface area contributed by atoms with Gasteiger partial charge >= 0.3 is 0 Å². The molecule has 112 valence electrons. The summed E-state index contributed by atoms with van der Waals surface area (Å²) in [5.74, 6) is 0.905. The standard InChI is InChI=1S/C18H18N2OS/c1-13-9-15(16-12-22-18(10-19)20-16)7-8-17(13)21-11-14-5-3-2-4-6-14/h2-9,12H,10-11,19H2,1H3. The Morgan fingerprint density at radius 1 is 1.14 bits per heavy atom. The second-order valence-corrected chi connectivity index (χ2v) is 6.03. The van der Waals surface area contributed by atoms with Gasteiger partial charge in [-0.15, -0.1) is 11.3 Å². The average molecular weight is 310 g/mol. The lowest BCUT2D eigenvalue weighted by Gasteiger charge is -2.10. The van der Waals surface area contributed by atoms with Gasteiger partial charge in [0.25, 0.3) is 0 Å². The van der Waals surface area contributed by atoms with Crippen LogP contribution in [0.3, 0.4) is 0 Å². The Hall–Kier alpha value is -2.17. The Kier molecular flexibility index (Phi) is 4.51. The molecule has 0 aliphatic heterocycles. The molecule has 3 nitrogen and oxygen atoms in total. The predicted molar refractivity (Wildman–Crippen MR) is 91.0 cm³/mol. The number of nitrogens with zero attached hydrogens (tertiary/aromatic N) is 1. The predicted octanol–water partition coefficient (Wildman–Crippen LogP) is 4.16. The number of ether oxygens (including phenoxy) is 1. The van der Waals surface area contributed by atoms with Gasteiger partial charge in [0.1, 0.15) is 17.4 Å². The van der Waals surface area contributed by atoms with Gasteiger partial charge in [-0.2, -0.15) is 0 Å². The highest BCUT2D eigenvalue weighted by Gasteiger charge is 2.07. The zero-order chi connectivity index (χ0) is 15.4. The van der Waals surface area contributed by atoms with Crippen molar-refractivity contribution in [1.29, 1.82) is 0 Å². The Balaban J connectivity index is 1.74. The molecule has 0 spiro atoms. The number of benzene rings is 2. The van der Waals surface area contributed by atoms with E-state index in [1.165, 1.54) is 0 Å². The molecule has 1 heterocycles. The fourth-order valence-electron chi connectivity index (χ4n) is 2.24. The van der Waals surface area contributed by atoms with Crippen LogP contribution in [-0.2, 0) is 13.2 Å². The van der Waals surface area contributed by atoms with Crippen molar-refractivity contribution in [3.63, 3.8) is 0 Å². The lowest BCUT2D eigenvalue weighted by atomic mass is 10.1. The van der Waals surface area contributed by atoms with Crippen LogP contribution in [0.25, 0.3) is 11.3 Å². The smallest absolute Gasteiger partial charge is 0.122 e. The van der Waals surface area contributed by atoms with Crippen LogP contribution in [0.4, 0.5) is 0 Å². The Morgan fingerprint density at radius 2 is 1.95 bits per heavy atom. The van der Waals surface area contributed by atoms with Crippen molar-refractivity contribution >= 4 is 11.3 Å². The third kappa shape index (κ3) is 3.35. The van der Waals surface area contributed by atoms with Crippen LogP contribution in [0, 0.1) is 6.92 Å².